The minimum atomic E-state index is -1.01. The number of carbonyl (C=O) groups excluding carboxylic acids is 2. The van der Waals surface area contributed by atoms with Crippen LogP contribution in [0.4, 0.5) is 14.5 Å². The monoisotopic (exact) mass is 362 g/mol. The van der Waals surface area contributed by atoms with E-state index in [2.05, 4.69) is 20.8 Å². The molecule has 0 bridgehead atoms. The highest BCUT2D eigenvalue weighted by atomic mass is 19.1. The highest BCUT2D eigenvalue weighted by Crippen LogP contribution is 2.20. The molecule has 1 saturated carbocycles. The lowest BCUT2D eigenvalue weighted by atomic mass is 9.92. The maximum atomic E-state index is 13.7. The SMILES string of the molecule is [NH]C1CCC(NC(=O)c2[nH]ncc2NC(=O)c2c(F)cccc2F)CC1. The number of nitrogens with zero attached hydrogens (tertiary/aromatic N) is 1. The van der Waals surface area contributed by atoms with Gasteiger partial charge in [-0.05, 0) is 37.8 Å². The summed E-state index contributed by atoms with van der Waals surface area (Å²) in [7, 11) is 0. The van der Waals surface area contributed by atoms with Crippen LogP contribution in [0.2, 0.25) is 0 Å². The van der Waals surface area contributed by atoms with Crippen LogP contribution in [0, 0.1) is 11.6 Å². The molecular weight excluding hydrogens is 344 g/mol. The molecule has 4 N–H and O–H groups in total. The van der Waals surface area contributed by atoms with Gasteiger partial charge in [0, 0.05) is 12.1 Å². The summed E-state index contributed by atoms with van der Waals surface area (Å²) in [5, 5.41) is 11.3. The quantitative estimate of drug-likeness (QED) is 0.776. The number of nitrogens with one attached hydrogen (secondary N) is 4. The highest BCUT2D eigenvalue weighted by Gasteiger charge is 2.24. The normalized spacial score (nSPS) is 19.8. The molecule has 1 heterocycles. The third kappa shape index (κ3) is 3.88. The number of amides is 2. The fourth-order valence-electron chi connectivity index (χ4n) is 2.95. The number of hydrogen-bond donors (Lipinski definition) is 3. The Balaban J connectivity index is 1.70. The maximum absolute atomic E-state index is 13.7. The van der Waals surface area contributed by atoms with Gasteiger partial charge in [-0.1, -0.05) is 6.07 Å². The summed E-state index contributed by atoms with van der Waals surface area (Å²) in [6.45, 7) is 0. The molecule has 0 atom stereocenters. The van der Waals surface area contributed by atoms with E-state index >= 15 is 0 Å². The van der Waals surface area contributed by atoms with Gasteiger partial charge in [0.05, 0.1) is 11.9 Å². The molecule has 1 radical (unpaired) electrons. The number of aromatic amines is 1. The zero-order valence-electron chi connectivity index (χ0n) is 13.8. The number of aromatic nitrogens is 2. The molecule has 7 nitrogen and oxygen atoms in total. The van der Waals surface area contributed by atoms with Crippen LogP contribution in [0.3, 0.4) is 0 Å². The van der Waals surface area contributed by atoms with Crippen molar-refractivity contribution in [3.8, 4) is 0 Å². The molecule has 1 aliphatic rings. The van der Waals surface area contributed by atoms with Crippen LogP contribution < -0.4 is 16.4 Å². The van der Waals surface area contributed by atoms with Gasteiger partial charge in [-0.15, -0.1) is 0 Å². The molecule has 137 valence electrons. The molecule has 0 unspecified atom stereocenters. The van der Waals surface area contributed by atoms with Crippen molar-refractivity contribution in [1.29, 1.82) is 0 Å². The van der Waals surface area contributed by atoms with E-state index in [1.807, 2.05) is 0 Å². The van der Waals surface area contributed by atoms with E-state index < -0.39 is 29.0 Å². The standard InChI is InChI=1S/C17H18F2N5O2/c18-11-2-1-3-12(19)14(11)16(25)23-13-8-21-24-15(13)17(26)22-10-6-4-9(20)5-7-10/h1-3,8-10,20H,4-7H2,(H,21,24)(H,22,26)(H,23,25). The predicted molar refractivity (Wildman–Crippen MR) is 89.5 cm³/mol. The molecule has 1 aliphatic carbocycles. The second-order valence-corrected chi connectivity index (χ2v) is 6.23. The van der Waals surface area contributed by atoms with Crippen LogP contribution in [0.5, 0.6) is 0 Å². The van der Waals surface area contributed by atoms with Crippen LogP contribution in [0.25, 0.3) is 0 Å². The molecule has 0 spiro atoms. The molecule has 1 aromatic carbocycles. The van der Waals surface area contributed by atoms with Gasteiger partial charge in [-0.25, -0.2) is 8.78 Å². The van der Waals surface area contributed by atoms with E-state index in [-0.39, 0.29) is 23.5 Å². The average Bonchev–Trinajstić information content (AvgIpc) is 3.05. The minimum absolute atomic E-state index is 0.00287. The average molecular weight is 362 g/mol. The molecule has 26 heavy (non-hydrogen) atoms. The fraction of sp³-hybridized carbons (Fsp3) is 0.353. The Morgan fingerprint density at radius 2 is 1.77 bits per heavy atom. The second-order valence-electron chi connectivity index (χ2n) is 6.23. The van der Waals surface area contributed by atoms with Gasteiger partial charge in [0.25, 0.3) is 11.8 Å². The van der Waals surface area contributed by atoms with Crippen LogP contribution >= 0.6 is 0 Å². The van der Waals surface area contributed by atoms with Crippen molar-refractivity contribution < 1.29 is 18.4 Å². The largest absolute Gasteiger partial charge is 0.348 e. The Morgan fingerprint density at radius 1 is 1.12 bits per heavy atom. The van der Waals surface area contributed by atoms with Crippen molar-refractivity contribution in [2.75, 3.05) is 5.32 Å². The molecule has 0 aliphatic heterocycles. The van der Waals surface area contributed by atoms with E-state index in [1.54, 1.807) is 0 Å². The van der Waals surface area contributed by atoms with Crippen molar-refractivity contribution in [2.45, 2.75) is 37.8 Å². The molecular formula is C17H18F2N5O2. The van der Waals surface area contributed by atoms with Crippen molar-refractivity contribution in [3.63, 3.8) is 0 Å². The second kappa shape index (κ2) is 7.61. The summed E-state index contributed by atoms with van der Waals surface area (Å²) in [5.74, 6) is -3.47. The number of hydrogen-bond acceptors (Lipinski definition) is 3. The third-order valence-corrected chi connectivity index (χ3v) is 4.37. The van der Waals surface area contributed by atoms with Gasteiger partial charge in [0.2, 0.25) is 0 Å². The number of benzene rings is 1. The molecule has 1 aromatic heterocycles. The number of carbonyl (C=O) groups is 2. The molecule has 1 fully saturated rings. The van der Waals surface area contributed by atoms with E-state index in [0.29, 0.717) is 25.7 Å². The van der Waals surface area contributed by atoms with Crippen LogP contribution in [-0.2, 0) is 0 Å². The summed E-state index contributed by atoms with van der Waals surface area (Å²) in [4.78, 5) is 24.6. The highest BCUT2D eigenvalue weighted by molar-refractivity contribution is 6.08. The van der Waals surface area contributed by atoms with E-state index in [0.717, 1.165) is 18.2 Å². The van der Waals surface area contributed by atoms with Gasteiger partial charge >= 0.3 is 0 Å². The van der Waals surface area contributed by atoms with Crippen molar-refractivity contribution in [3.05, 3.63) is 47.3 Å². The first-order valence-corrected chi connectivity index (χ1v) is 8.26. The number of rotatable bonds is 4. The lowest BCUT2D eigenvalue weighted by Gasteiger charge is -2.26. The lowest BCUT2D eigenvalue weighted by molar-refractivity contribution is 0.0921. The van der Waals surface area contributed by atoms with Gasteiger partial charge in [-0.2, -0.15) is 5.10 Å². The summed E-state index contributed by atoms with van der Waals surface area (Å²) in [5.41, 5.74) is 6.98. The van der Waals surface area contributed by atoms with Crippen LogP contribution in [0.15, 0.2) is 24.4 Å². The summed E-state index contributed by atoms with van der Waals surface area (Å²) in [6.07, 6.45) is 4.03. The predicted octanol–water partition coefficient (Wildman–Crippen LogP) is 2.26. The lowest BCUT2D eigenvalue weighted by Crippen LogP contribution is -2.39. The number of halogens is 2. The first kappa shape index (κ1) is 18.0. The van der Waals surface area contributed by atoms with Gasteiger partial charge in [-0.3, -0.25) is 20.4 Å². The van der Waals surface area contributed by atoms with Gasteiger partial charge < -0.3 is 10.6 Å². The van der Waals surface area contributed by atoms with Crippen molar-refractivity contribution >= 4 is 17.5 Å². The molecule has 3 rings (SSSR count). The van der Waals surface area contributed by atoms with E-state index in [4.69, 9.17) is 5.73 Å². The Kier molecular flexibility index (Phi) is 5.27. The van der Waals surface area contributed by atoms with E-state index in [1.165, 1.54) is 6.20 Å². The minimum Gasteiger partial charge on any atom is -0.348 e. The number of H-pyrrole nitrogens is 1. The summed E-state index contributed by atoms with van der Waals surface area (Å²) < 4.78 is 27.4. The van der Waals surface area contributed by atoms with Crippen LogP contribution in [0.1, 0.15) is 46.5 Å². The summed E-state index contributed by atoms with van der Waals surface area (Å²) >= 11 is 0. The van der Waals surface area contributed by atoms with Gasteiger partial charge in [0.15, 0.2) is 0 Å². The zero-order chi connectivity index (χ0) is 18.7. The number of anilines is 1. The first-order chi connectivity index (χ1) is 12.5. The van der Waals surface area contributed by atoms with Crippen molar-refractivity contribution in [1.82, 2.24) is 21.2 Å². The van der Waals surface area contributed by atoms with Crippen LogP contribution in [-0.4, -0.2) is 34.1 Å². The van der Waals surface area contributed by atoms with Gasteiger partial charge in [0.1, 0.15) is 22.9 Å². The molecule has 9 heteroatoms. The fourth-order valence-corrected chi connectivity index (χ4v) is 2.95. The first-order valence-electron chi connectivity index (χ1n) is 8.26. The Labute approximate surface area is 148 Å². The van der Waals surface area contributed by atoms with Crippen molar-refractivity contribution in [2.24, 2.45) is 0 Å². The topological polar surface area (TPSA) is 111 Å². The molecule has 0 saturated heterocycles. The third-order valence-electron chi connectivity index (χ3n) is 4.37. The molecule has 2 amide bonds. The maximum Gasteiger partial charge on any atom is 0.271 e. The molecule has 2 aromatic rings. The Hall–Kier alpha value is -2.81. The summed E-state index contributed by atoms with van der Waals surface area (Å²) in [6, 6.07) is 2.96. The smallest absolute Gasteiger partial charge is 0.271 e. The Bertz CT molecular complexity index is 795. The Morgan fingerprint density at radius 3 is 2.42 bits per heavy atom. The zero-order valence-corrected chi connectivity index (χ0v) is 13.8. The van der Waals surface area contributed by atoms with E-state index in [9.17, 15) is 18.4 Å².